The Morgan fingerprint density at radius 3 is 2.71 bits per heavy atom. The number of carbonyl (C=O) groups excluding carboxylic acids is 1. The molecule has 0 radical (unpaired) electrons. The minimum atomic E-state index is -0.769. The highest BCUT2D eigenvalue weighted by Gasteiger charge is 2.70. The highest BCUT2D eigenvalue weighted by molar-refractivity contribution is 5.89. The van der Waals surface area contributed by atoms with Gasteiger partial charge in [0.15, 0.2) is 0 Å². The van der Waals surface area contributed by atoms with E-state index in [1.807, 2.05) is 0 Å². The van der Waals surface area contributed by atoms with Crippen LogP contribution in [0.25, 0.3) is 0 Å². The fourth-order valence-corrected chi connectivity index (χ4v) is 4.43. The molecule has 3 fully saturated rings. The van der Waals surface area contributed by atoms with Gasteiger partial charge in [-0.3, -0.25) is 4.79 Å². The summed E-state index contributed by atoms with van der Waals surface area (Å²) in [4.78, 5) is 12.9. The maximum atomic E-state index is 12.9. The molecule has 4 nitrogen and oxygen atoms in total. The molecule has 4 heteroatoms. The third-order valence-corrected chi connectivity index (χ3v) is 6.20. The number of fused-ring (bicyclic) bond motifs is 1. The lowest BCUT2D eigenvalue weighted by Gasteiger charge is -2.65. The zero-order valence-electron chi connectivity index (χ0n) is 13.7. The van der Waals surface area contributed by atoms with Crippen molar-refractivity contribution in [2.24, 2.45) is 23.0 Å². The van der Waals surface area contributed by atoms with Crippen LogP contribution in [0.1, 0.15) is 59.3 Å². The van der Waals surface area contributed by atoms with Gasteiger partial charge in [0.25, 0.3) is 0 Å². The summed E-state index contributed by atoms with van der Waals surface area (Å²) < 4.78 is 5.88. The third-order valence-electron chi connectivity index (χ3n) is 6.20. The molecular formula is C17H30N2O2. The minimum Gasteiger partial charge on any atom is -0.377 e. The first-order valence-corrected chi connectivity index (χ1v) is 8.62. The van der Waals surface area contributed by atoms with Crippen molar-refractivity contribution in [3.05, 3.63) is 0 Å². The summed E-state index contributed by atoms with van der Waals surface area (Å²) in [5, 5.41) is 3.25. The van der Waals surface area contributed by atoms with Crippen LogP contribution in [0, 0.1) is 17.3 Å². The summed E-state index contributed by atoms with van der Waals surface area (Å²) in [5.74, 6) is 1.05. The van der Waals surface area contributed by atoms with Crippen LogP contribution in [0.2, 0.25) is 0 Å². The Morgan fingerprint density at radius 2 is 2.10 bits per heavy atom. The van der Waals surface area contributed by atoms with Gasteiger partial charge in [0.1, 0.15) is 5.54 Å². The van der Waals surface area contributed by atoms with Crippen molar-refractivity contribution in [1.82, 2.24) is 5.32 Å². The third kappa shape index (κ3) is 2.31. The predicted molar refractivity (Wildman–Crippen MR) is 82.7 cm³/mol. The highest BCUT2D eigenvalue weighted by Crippen LogP contribution is 2.57. The number of hydrogen-bond donors (Lipinski definition) is 2. The van der Waals surface area contributed by atoms with Crippen LogP contribution in [0.3, 0.4) is 0 Å². The summed E-state index contributed by atoms with van der Waals surface area (Å²) in [5.41, 5.74) is 5.59. The molecule has 3 rings (SSSR count). The van der Waals surface area contributed by atoms with E-state index in [4.69, 9.17) is 10.5 Å². The lowest BCUT2D eigenvalue weighted by atomic mass is 9.46. The van der Waals surface area contributed by atoms with E-state index in [2.05, 4.69) is 26.1 Å². The van der Waals surface area contributed by atoms with E-state index in [0.717, 1.165) is 38.2 Å². The molecule has 120 valence electrons. The minimum absolute atomic E-state index is 0.0479. The molecule has 4 unspecified atom stereocenters. The molecule has 21 heavy (non-hydrogen) atoms. The van der Waals surface area contributed by atoms with Gasteiger partial charge in [-0.1, -0.05) is 33.6 Å². The molecule has 0 aromatic rings. The lowest BCUT2D eigenvalue weighted by Crippen LogP contribution is -2.82. The van der Waals surface area contributed by atoms with Crippen molar-refractivity contribution in [2.75, 3.05) is 6.61 Å². The first kappa shape index (κ1) is 15.3. The number of amides is 1. The van der Waals surface area contributed by atoms with Crippen LogP contribution in [0.5, 0.6) is 0 Å². The molecule has 1 amide bonds. The first-order valence-electron chi connectivity index (χ1n) is 8.62. The molecular weight excluding hydrogens is 264 g/mol. The fourth-order valence-electron chi connectivity index (χ4n) is 4.43. The van der Waals surface area contributed by atoms with E-state index in [1.54, 1.807) is 0 Å². The average Bonchev–Trinajstić information content (AvgIpc) is 3.29. The Labute approximate surface area is 128 Å². The van der Waals surface area contributed by atoms with E-state index in [1.165, 1.54) is 12.8 Å². The molecule has 0 spiro atoms. The van der Waals surface area contributed by atoms with Crippen LogP contribution in [0.4, 0.5) is 0 Å². The van der Waals surface area contributed by atoms with Crippen molar-refractivity contribution < 1.29 is 9.53 Å². The number of hydrogen-bond acceptors (Lipinski definition) is 3. The lowest BCUT2D eigenvalue weighted by molar-refractivity contribution is -0.225. The van der Waals surface area contributed by atoms with Crippen LogP contribution >= 0.6 is 0 Å². The van der Waals surface area contributed by atoms with Crippen molar-refractivity contribution in [3.8, 4) is 0 Å². The second kappa shape index (κ2) is 5.24. The van der Waals surface area contributed by atoms with Gasteiger partial charge in [-0.25, -0.2) is 0 Å². The molecule has 3 aliphatic rings. The maximum absolute atomic E-state index is 12.9. The highest BCUT2D eigenvalue weighted by atomic mass is 16.5. The van der Waals surface area contributed by atoms with Gasteiger partial charge < -0.3 is 15.8 Å². The van der Waals surface area contributed by atoms with E-state index < -0.39 is 5.54 Å². The number of nitrogens with two attached hydrogens (primary N) is 1. The first-order chi connectivity index (χ1) is 9.91. The fraction of sp³-hybridized carbons (Fsp3) is 0.941. The summed E-state index contributed by atoms with van der Waals surface area (Å²) in [6.07, 6.45) is 6.92. The SMILES string of the molecule is CCC(CC1CC1)NC(=O)C1(N)C2CCCOC2C1(C)C. The van der Waals surface area contributed by atoms with Gasteiger partial charge >= 0.3 is 0 Å². The average molecular weight is 294 g/mol. The van der Waals surface area contributed by atoms with E-state index >= 15 is 0 Å². The Balaban J connectivity index is 1.69. The molecule has 1 aliphatic heterocycles. The Morgan fingerprint density at radius 1 is 1.38 bits per heavy atom. The van der Waals surface area contributed by atoms with Crippen LogP contribution in [-0.4, -0.2) is 30.2 Å². The number of carbonyl (C=O) groups is 1. The Bertz CT molecular complexity index is 419. The van der Waals surface area contributed by atoms with Crippen LogP contribution in [-0.2, 0) is 9.53 Å². The second-order valence-electron chi connectivity index (χ2n) is 7.89. The largest absolute Gasteiger partial charge is 0.377 e. The maximum Gasteiger partial charge on any atom is 0.241 e. The van der Waals surface area contributed by atoms with E-state index in [9.17, 15) is 4.79 Å². The van der Waals surface area contributed by atoms with Gasteiger partial charge in [-0.15, -0.1) is 0 Å². The van der Waals surface area contributed by atoms with Crippen molar-refractivity contribution >= 4 is 5.91 Å². The standard InChI is InChI=1S/C17H30N2O2/c1-4-12(10-11-7-8-11)19-15(20)17(18)13-6-5-9-21-14(13)16(17,2)3/h11-14H,4-10,18H2,1-3H3,(H,19,20). The van der Waals surface area contributed by atoms with Gasteiger partial charge in [-0.2, -0.15) is 0 Å². The molecule has 2 aliphatic carbocycles. The van der Waals surface area contributed by atoms with Gasteiger partial charge in [0, 0.05) is 24.0 Å². The summed E-state index contributed by atoms with van der Waals surface area (Å²) >= 11 is 0. The van der Waals surface area contributed by atoms with E-state index in [0.29, 0.717) is 0 Å². The molecule has 4 atom stereocenters. The van der Waals surface area contributed by atoms with Gasteiger partial charge in [0.05, 0.1) is 6.10 Å². The molecule has 1 heterocycles. The van der Waals surface area contributed by atoms with Crippen molar-refractivity contribution in [3.63, 3.8) is 0 Å². The number of ether oxygens (including phenoxy) is 1. The molecule has 0 aromatic carbocycles. The van der Waals surface area contributed by atoms with Gasteiger partial charge in [-0.05, 0) is 31.6 Å². The molecule has 3 N–H and O–H groups in total. The smallest absolute Gasteiger partial charge is 0.241 e. The van der Waals surface area contributed by atoms with Crippen molar-refractivity contribution in [1.29, 1.82) is 0 Å². The number of nitrogens with one attached hydrogen (secondary N) is 1. The quantitative estimate of drug-likeness (QED) is 0.817. The monoisotopic (exact) mass is 294 g/mol. The summed E-state index contributed by atoms with van der Waals surface area (Å²) in [6, 6.07) is 0.282. The normalized spacial score (nSPS) is 39.0. The predicted octanol–water partition coefficient (Wildman–Crippen LogP) is 2.21. The molecule has 0 aromatic heterocycles. The Kier molecular flexibility index (Phi) is 3.81. The second-order valence-corrected chi connectivity index (χ2v) is 7.89. The Hall–Kier alpha value is -0.610. The molecule has 1 saturated heterocycles. The van der Waals surface area contributed by atoms with Crippen LogP contribution < -0.4 is 11.1 Å². The van der Waals surface area contributed by atoms with Gasteiger partial charge in [0.2, 0.25) is 5.91 Å². The summed E-state index contributed by atoms with van der Waals surface area (Å²) in [6.45, 7) is 7.12. The van der Waals surface area contributed by atoms with E-state index in [-0.39, 0.29) is 29.4 Å². The molecule has 2 saturated carbocycles. The topological polar surface area (TPSA) is 64.4 Å². The zero-order chi connectivity index (χ0) is 15.3. The molecule has 0 bridgehead atoms. The number of rotatable bonds is 5. The zero-order valence-corrected chi connectivity index (χ0v) is 13.7. The summed E-state index contributed by atoms with van der Waals surface area (Å²) in [7, 11) is 0. The van der Waals surface area contributed by atoms with Crippen molar-refractivity contribution in [2.45, 2.75) is 77.0 Å². The van der Waals surface area contributed by atoms with Crippen LogP contribution in [0.15, 0.2) is 0 Å².